The molecule has 0 fully saturated rings. The second kappa shape index (κ2) is 10.3. The fourth-order valence-corrected chi connectivity index (χ4v) is 3.06. The van der Waals surface area contributed by atoms with Crippen molar-refractivity contribution in [2.75, 3.05) is 11.9 Å². The molecule has 1 atom stereocenters. The van der Waals surface area contributed by atoms with Crippen molar-refractivity contribution >= 4 is 17.6 Å². The van der Waals surface area contributed by atoms with E-state index in [0.29, 0.717) is 11.4 Å². The minimum Gasteiger partial charge on any atom is -0.467 e. The normalized spacial score (nSPS) is 11.5. The molecule has 2 aromatic carbocycles. The van der Waals surface area contributed by atoms with Crippen molar-refractivity contribution in [1.82, 2.24) is 10.2 Å². The Bertz CT molecular complexity index is 938. The summed E-state index contributed by atoms with van der Waals surface area (Å²) in [5, 5.41) is 5.87. The van der Waals surface area contributed by atoms with Gasteiger partial charge in [-0.2, -0.15) is 0 Å². The van der Waals surface area contributed by atoms with Crippen LogP contribution in [0.25, 0.3) is 0 Å². The molecular formula is C24H27N3O3. The fourth-order valence-electron chi connectivity index (χ4n) is 3.06. The maximum Gasteiger partial charge on any atom is 0.322 e. The number of nitrogens with zero attached hydrogens (tertiary/aromatic N) is 1. The largest absolute Gasteiger partial charge is 0.467 e. The van der Waals surface area contributed by atoms with Crippen molar-refractivity contribution in [3.05, 3.63) is 89.9 Å². The summed E-state index contributed by atoms with van der Waals surface area (Å²) < 4.78 is 5.39. The Morgan fingerprint density at radius 1 is 1.00 bits per heavy atom. The van der Waals surface area contributed by atoms with Crippen LogP contribution in [0.15, 0.2) is 77.4 Å². The van der Waals surface area contributed by atoms with Crippen LogP contribution < -0.4 is 10.6 Å². The highest BCUT2D eigenvalue weighted by atomic mass is 16.3. The Hall–Kier alpha value is -3.54. The van der Waals surface area contributed by atoms with E-state index < -0.39 is 0 Å². The molecule has 0 bridgehead atoms. The van der Waals surface area contributed by atoms with Gasteiger partial charge in [-0.1, -0.05) is 48.0 Å². The first-order chi connectivity index (χ1) is 14.5. The molecule has 30 heavy (non-hydrogen) atoms. The lowest BCUT2D eigenvalue weighted by Crippen LogP contribution is -2.38. The molecule has 1 heterocycles. The summed E-state index contributed by atoms with van der Waals surface area (Å²) >= 11 is 0. The molecule has 3 rings (SSSR count). The van der Waals surface area contributed by atoms with Crippen LogP contribution in [0, 0.1) is 6.92 Å². The number of urea groups is 1. The number of furan rings is 1. The van der Waals surface area contributed by atoms with Crippen molar-refractivity contribution in [2.45, 2.75) is 32.9 Å². The van der Waals surface area contributed by atoms with Crippen LogP contribution in [0.2, 0.25) is 0 Å². The van der Waals surface area contributed by atoms with Crippen molar-refractivity contribution in [1.29, 1.82) is 0 Å². The van der Waals surface area contributed by atoms with Crippen LogP contribution in [0.3, 0.4) is 0 Å². The molecular weight excluding hydrogens is 378 g/mol. The Morgan fingerprint density at radius 2 is 1.73 bits per heavy atom. The molecule has 0 saturated heterocycles. The van der Waals surface area contributed by atoms with E-state index in [1.54, 1.807) is 17.2 Å². The molecule has 0 aliphatic rings. The molecule has 156 valence electrons. The van der Waals surface area contributed by atoms with Gasteiger partial charge in [0.15, 0.2) is 0 Å². The van der Waals surface area contributed by atoms with E-state index in [4.69, 9.17) is 4.42 Å². The first-order valence-corrected chi connectivity index (χ1v) is 10.0. The second-order valence-electron chi connectivity index (χ2n) is 7.25. The first kappa shape index (κ1) is 21.2. The van der Waals surface area contributed by atoms with Gasteiger partial charge in [0.05, 0.1) is 18.8 Å². The average Bonchev–Trinajstić information content (AvgIpc) is 3.26. The van der Waals surface area contributed by atoms with Crippen LogP contribution in [0.4, 0.5) is 10.5 Å². The van der Waals surface area contributed by atoms with Crippen molar-refractivity contribution in [3.8, 4) is 0 Å². The lowest BCUT2D eigenvalue weighted by molar-refractivity contribution is -0.121. The van der Waals surface area contributed by atoms with Crippen LogP contribution in [0.1, 0.15) is 36.3 Å². The first-order valence-electron chi connectivity index (χ1n) is 10.0. The standard InChI is InChI=1S/C24H27N3O3/c1-18-10-12-21(13-11-18)26-24(29)27(17-22-9-6-16-30-22)15-14-23(28)25-19(2)20-7-4-3-5-8-20/h3-13,16,19H,14-15,17H2,1-2H3,(H,25,28)(H,26,29). The lowest BCUT2D eigenvalue weighted by atomic mass is 10.1. The third-order valence-electron chi connectivity index (χ3n) is 4.80. The van der Waals surface area contributed by atoms with Crippen LogP contribution in [0.5, 0.6) is 0 Å². The fraction of sp³-hybridized carbons (Fsp3) is 0.250. The number of aryl methyl sites for hydroxylation is 1. The molecule has 6 heteroatoms. The minimum atomic E-state index is -0.279. The Balaban J connectivity index is 1.59. The van der Waals surface area contributed by atoms with E-state index in [1.165, 1.54) is 0 Å². The number of benzene rings is 2. The highest BCUT2D eigenvalue weighted by Gasteiger charge is 2.18. The maximum absolute atomic E-state index is 12.8. The maximum atomic E-state index is 12.8. The quantitative estimate of drug-likeness (QED) is 0.560. The SMILES string of the molecule is Cc1ccc(NC(=O)N(CCC(=O)NC(C)c2ccccc2)Cc2ccco2)cc1. The van der Waals surface area contributed by atoms with Crippen molar-refractivity contribution in [2.24, 2.45) is 0 Å². The van der Waals surface area contributed by atoms with Crippen LogP contribution in [-0.2, 0) is 11.3 Å². The summed E-state index contributed by atoms with van der Waals surface area (Å²) in [6.45, 7) is 4.49. The average molecular weight is 405 g/mol. The number of carbonyl (C=O) groups excluding carboxylic acids is 2. The molecule has 1 unspecified atom stereocenters. The lowest BCUT2D eigenvalue weighted by Gasteiger charge is -2.23. The molecule has 0 radical (unpaired) electrons. The van der Waals surface area contributed by atoms with Gasteiger partial charge in [-0.15, -0.1) is 0 Å². The number of nitrogens with one attached hydrogen (secondary N) is 2. The smallest absolute Gasteiger partial charge is 0.322 e. The molecule has 1 aromatic heterocycles. The third kappa shape index (κ3) is 6.24. The van der Waals surface area contributed by atoms with Crippen molar-refractivity contribution < 1.29 is 14.0 Å². The number of rotatable bonds is 8. The second-order valence-corrected chi connectivity index (χ2v) is 7.25. The third-order valence-corrected chi connectivity index (χ3v) is 4.80. The highest BCUT2D eigenvalue weighted by molar-refractivity contribution is 5.89. The van der Waals surface area contributed by atoms with Crippen LogP contribution >= 0.6 is 0 Å². The van der Waals surface area contributed by atoms with E-state index in [1.807, 2.05) is 74.5 Å². The van der Waals surface area contributed by atoms with Gasteiger partial charge < -0.3 is 20.0 Å². The number of amides is 3. The van der Waals surface area contributed by atoms with Gasteiger partial charge in [0.2, 0.25) is 5.91 Å². The molecule has 6 nitrogen and oxygen atoms in total. The Morgan fingerprint density at radius 3 is 2.40 bits per heavy atom. The zero-order valence-corrected chi connectivity index (χ0v) is 17.3. The molecule has 0 spiro atoms. The molecule has 3 amide bonds. The number of anilines is 1. The zero-order valence-electron chi connectivity index (χ0n) is 17.3. The molecule has 2 N–H and O–H groups in total. The van der Waals surface area contributed by atoms with E-state index in [0.717, 1.165) is 11.1 Å². The molecule has 0 aliphatic carbocycles. The Kier molecular flexibility index (Phi) is 7.27. The van der Waals surface area contributed by atoms with Crippen molar-refractivity contribution in [3.63, 3.8) is 0 Å². The topological polar surface area (TPSA) is 74.6 Å². The summed E-state index contributed by atoms with van der Waals surface area (Å²) in [7, 11) is 0. The molecule has 0 saturated carbocycles. The summed E-state index contributed by atoms with van der Waals surface area (Å²) in [4.78, 5) is 26.9. The number of hydrogen-bond acceptors (Lipinski definition) is 3. The zero-order chi connectivity index (χ0) is 21.3. The van der Waals surface area contributed by atoms with Gasteiger partial charge in [-0.25, -0.2) is 4.79 Å². The van der Waals surface area contributed by atoms with E-state index >= 15 is 0 Å². The van der Waals surface area contributed by atoms with E-state index in [-0.39, 0.29) is 37.5 Å². The summed E-state index contributed by atoms with van der Waals surface area (Å²) in [5.74, 6) is 0.547. The van der Waals surface area contributed by atoms with Gasteiger partial charge in [0.1, 0.15) is 5.76 Å². The summed E-state index contributed by atoms with van der Waals surface area (Å²) in [6, 6.07) is 20.6. The van der Waals surface area contributed by atoms with E-state index in [2.05, 4.69) is 10.6 Å². The summed E-state index contributed by atoms with van der Waals surface area (Å²) in [5.41, 5.74) is 2.86. The number of carbonyl (C=O) groups is 2. The Labute approximate surface area is 176 Å². The van der Waals surface area contributed by atoms with E-state index in [9.17, 15) is 9.59 Å². The van der Waals surface area contributed by atoms with Gasteiger partial charge in [-0.3, -0.25) is 4.79 Å². The minimum absolute atomic E-state index is 0.0985. The van der Waals surface area contributed by atoms with Gasteiger partial charge in [0.25, 0.3) is 0 Å². The van der Waals surface area contributed by atoms with Gasteiger partial charge in [0, 0.05) is 18.7 Å². The van der Waals surface area contributed by atoms with Gasteiger partial charge >= 0.3 is 6.03 Å². The predicted octanol–water partition coefficient (Wildman–Crippen LogP) is 4.89. The van der Waals surface area contributed by atoms with Gasteiger partial charge in [-0.05, 0) is 43.7 Å². The number of hydrogen-bond donors (Lipinski definition) is 2. The monoisotopic (exact) mass is 405 g/mol. The predicted molar refractivity (Wildman–Crippen MR) is 117 cm³/mol. The molecule has 3 aromatic rings. The highest BCUT2D eigenvalue weighted by Crippen LogP contribution is 2.14. The summed E-state index contributed by atoms with van der Waals surface area (Å²) in [6.07, 6.45) is 1.76. The van der Waals surface area contributed by atoms with Crippen LogP contribution in [-0.4, -0.2) is 23.4 Å². The molecule has 0 aliphatic heterocycles.